The number of carbonyl (C=O) groups excluding carboxylic acids is 1. The Bertz CT molecular complexity index is 1240. The van der Waals surface area contributed by atoms with Crippen molar-refractivity contribution in [3.05, 3.63) is 75.3 Å². The molecule has 7 heteroatoms. The highest BCUT2D eigenvalue weighted by atomic mass is 35.5. The number of carbonyl (C=O) groups is 1. The lowest BCUT2D eigenvalue weighted by molar-refractivity contribution is 0.0754. The summed E-state index contributed by atoms with van der Waals surface area (Å²) in [5, 5.41) is 12.6. The van der Waals surface area contributed by atoms with Gasteiger partial charge in [-0.1, -0.05) is 53.5 Å². The first kappa shape index (κ1) is 23.9. The van der Waals surface area contributed by atoms with E-state index in [9.17, 15) is 10.1 Å². The fourth-order valence-electron chi connectivity index (χ4n) is 4.28. The van der Waals surface area contributed by atoms with Crippen LogP contribution in [0.2, 0.25) is 10.0 Å². The molecule has 1 aliphatic heterocycles. The number of nitriles is 1. The number of hydrogen-bond donors (Lipinski definition) is 0. The number of rotatable bonds is 6. The van der Waals surface area contributed by atoms with Gasteiger partial charge < -0.3 is 9.80 Å². The van der Waals surface area contributed by atoms with Gasteiger partial charge in [0.15, 0.2) is 0 Å². The number of halogens is 2. The smallest absolute Gasteiger partial charge is 0.255 e. The monoisotopic (exact) mass is 497 g/mol. The minimum atomic E-state index is -0.0155. The minimum absolute atomic E-state index is 0.0155. The largest absolute Gasteiger partial charge is 0.337 e. The zero-order chi connectivity index (χ0) is 23.5. The summed E-state index contributed by atoms with van der Waals surface area (Å²) >= 11 is 14.1. The molecule has 0 radical (unpaired) electrons. The van der Waals surface area contributed by atoms with Gasteiger partial charge in [0, 0.05) is 29.7 Å². The van der Waals surface area contributed by atoms with Crippen LogP contribution in [0.15, 0.2) is 53.4 Å². The van der Waals surface area contributed by atoms with Crippen molar-refractivity contribution in [2.75, 3.05) is 39.5 Å². The van der Waals surface area contributed by atoms with Crippen LogP contribution >= 0.6 is 35.0 Å². The van der Waals surface area contributed by atoms with E-state index in [0.717, 1.165) is 39.9 Å². The number of benzene rings is 3. The van der Waals surface area contributed by atoms with Crippen molar-refractivity contribution in [2.24, 2.45) is 0 Å². The lowest BCUT2D eigenvalue weighted by atomic mass is 9.94. The molecule has 0 fully saturated rings. The molecule has 3 aromatic rings. The van der Waals surface area contributed by atoms with Gasteiger partial charge in [-0.05, 0) is 61.6 Å². The first-order chi connectivity index (χ1) is 15.9. The molecule has 1 amide bonds. The van der Waals surface area contributed by atoms with E-state index >= 15 is 0 Å². The molecule has 170 valence electrons. The van der Waals surface area contributed by atoms with Gasteiger partial charge in [-0.3, -0.25) is 4.79 Å². The normalized spacial score (nSPS) is 14.8. The van der Waals surface area contributed by atoms with E-state index in [1.807, 2.05) is 67.5 Å². The van der Waals surface area contributed by atoms with Crippen molar-refractivity contribution < 1.29 is 4.79 Å². The third-order valence-electron chi connectivity index (χ3n) is 6.01. The van der Waals surface area contributed by atoms with Gasteiger partial charge in [0.25, 0.3) is 5.91 Å². The van der Waals surface area contributed by atoms with Crippen molar-refractivity contribution in [2.45, 2.75) is 17.2 Å². The Hall–Kier alpha value is -2.23. The molecule has 0 saturated carbocycles. The van der Waals surface area contributed by atoms with Crippen LogP contribution < -0.4 is 0 Å². The van der Waals surface area contributed by atoms with Crippen LogP contribution in [0.25, 0.3) is 10.8 Å². The summed E-state index contributed by atoms with van der Waals surface area (Å²) in [6.45, 7) is 2.09. The average molecular weight is 498 g/mol. The molecule has 0 saturated heterocycles. The summed E-state index contributed by atoms with van der Waals surface area (Å²) < 4.78 is 0. The summed E-state index contributed by atoms with van der Waals surface area (Å²) in [4.78, 5) is 18.8. The van der Waals surface area contributed by atoms with Crippen molar-refractivity contribution in [1.82, 2.24) is 9.80 Å². The minimum Gasteiger partial charge on any atom is -0.337 e. The van der Waals surface area contributed by atoms with Gasteiger partial charge in [-0.15, -0.1) is 11.8 Å². The molecule has 0 aromatic heterocycles. The number of fused-ring (bicyclic) bond motifs is 3. The van der Waals surface area contributed by atoms with Gasteiger partial charge >= 0.3 is 0 Å². The summed E-state index contributed by atoms with van der Waals surface area (Å²) in [5.74, 6) is 0.842. The highest BCUT2D eigenvalue weighted by Gasteiger charge is 2.29. The Labute approximate surface area is 209 Å². The summed E-state index contributed by atoms with van der Waals surface area (Å²) in [7, 11) is 4.09. The molecule has 0 unspecified atom stereocenters. The molecule has 33 heavy (non-hydrogen) atoms. The highest BCUT2D eigenvalue weighted by Crippen LogP contribution is 2.37. The fourth-order valence-corrected chi connectivity index (χ4v) is 5.70. The standard InChI is InChI=1S/C26H25Cl2N3OS/c1-30(2)10-9-19(17-7-8-22(27)23(28)14-17)16-31-11-12-33-25-20(15-29)13-18-5-3-4-6-21(18)24(25)26(31)32/h3-8,13-14,19H,9-12,16H2,1-2H3/t19-/m1/s1. The van der Waals surface area contributed by atoms with Crippen LogP contribution in [0, 0.1) is 11.3 Å². The van der Waals surface area contributed by atoms with E-state index in [4.69, 9.17) is 23.2 Å². The molecule has 1 heterocycles. The SMILES string of the molecule is CN(C)CC[C@H](CN1CCSc2c(C#N)cc3ccccc3c2C1=O)c1ccc(Cl)c(Cl)c1. The van der Waals surface area contributed by atoms with Gasteiger partial charge in [0.1, 0.15) is 6.07 Å². The number of nitrogens with zero attached hydrogens (tertiary/aromatic N) is 3. The topological polar surface area (TPSA) is 47.3 Å². The van der Waals surface area contributed by atoms with E-state index in [-0.39, 0.29) is 11.8 Å². The zero-order valence-corrected chi connectivity index (χ0v) is 21.0. The predicted octanol–water partition coefficient (Wildman–Crippen LogP) is 6.30. The molecule has 4 nitrogen and oxygen atoms in total. The molecule has 1 aliphatic rings. The number of hydrogen-bond acceptors (Lipinski definition) is 4. The second kappa shape index (κ2) is 10.4. The first-order valence-electron chi connectivity index (χ1n) is 10.9. The number of thioether (sulfide) groups is 1. The molecule has 0 aliphatic carbocycles. The molecular weight excluding hydrogens is 473 g/mol. The van der Waals surface area contributed by atoms with Gasteiger partial charge in [0.05, 0.1) is 21.2 Å². The van der Waals surface area contributed by atoms with Gasteiger partial charge in [-0.2, -0.15) is 5.26 Å². The fraction of sp³-hybridized carbons (Fsp3) is 0.308. The Kier molecular flexibility index (Phi) is 7.51. The molecule has 0 spiro atoms. The Morgan fingerprint density at radius 3 is 2.67 bits per heavy atom. The van der Waals surface area contributed by atoms with Crippen molar-refractivity contribution in [3.63, 3.8) is 0 Å². The second-order valence-corrected chi connectivity index (χ2v) is 10.4. The summed E-state index contributed by atoms with van der Waals surface area (Å²) in [6, 6.07) is 17.7. The third kappa shape index (κ3) is 5.15. The average Bonchev–Trinajstić information content (AvgIpc) is 2.97. The van der Waals surface area contributed by atoms with Crippen LogP contribution in [-0.2, 0) is 0 Å². The zero-order valence-electron chi connectivity index (χ0n) is 18.6. The van der Waals surface area contributed by atoms with E-state index in [1.165, 1.54) is 0 Å². The maximum Gasteiger partial charge on any atom is 0.255 e. The van der Waals surface area contributed by atoms with Crippen LogP contribution in [-0.4, -0.2) is 55.2 Å². The van der Waals surface area contributed by atoms with Crippen LogP contribution in [0.3, 0.4) is 0 Å². The van der Waals surface area contributed by atoms with Crippen molar-refractivity contribution in [3.8, 4) is 6.07 Å². The van der Waals surface area contributed by atoms with Crippen LogP contribution in [0.1, 0.15) is 33.8 Å². The second-order valence-electron chi connectivity index (χ2n) is 8.52. The molecule has 3 aromatic carbocycles. The van der Waals surface area contributed by atoms with Gasteiger partial charge in [-0.25, -0.2) is 0 Å². The lowest BCUT2D eigenvalue weighted by Crippen LogP contribution is -2.36. The molecular formula is C26H25Cl2N3OS. The maximum absolute atomic E-state index is 13.9. The molecule has 0 bridgehead atoms. The molecule has 1 atom stereocenters. The summed E-state index contributed by atoms with van der Waals surface area (Å²) in [6.07, 6.45) is 0.883. The maximum atomic E-state index is 13.9. The molecule has 4 rings (SSSR count). The molecule has 0 N–H and O–H groups in total. The van der Waals surface area contributed by atoms with E-state index < -0.39 is 0 Å². The summed E-state index contributed by atoms with van der Waals surface area (Å²) in [5.41, 5.74) is 2.29. The van der Waals surface area contributed by atoms with E-state index in [0.29, 0.717) is 34.3 Å². The first-order valence-corrected chi connectivity index (χ1v) is 12.6. The number of amides is 1. The van der Waals surface area contributed by atoms with Crippen molar-refractivity contribution in [1.29, 1.82) is 5.26 Å². The van der Waals surface area contributed by atoms with Crippen molar-refractivity contribution >= 4 is 51.6 Å². The Morgan fingerprint density at radius 1 is 1.15 bits per heavy atom. The Balaban J connectivity index is 1.73. The van der Waals surface area contributed by atoms with Crippen LogP contribution in [0.4, 0.5) is 0 Å². The van der Waals surface area contributed by atoms with Gasteiger partial charge in [0.2, 0.25) is 0 Å². The predicted molar refractivity (Wildman–Crippen MR) is 138 cm³/mol. The van der Waals surface area contributed by atoms with E-state index in [2.05, 4.69) is 11.0 Å². The third-order valence-corrected chi connectivity index (χ3v) is 7.85. The Morgan fingerprint density at radius 2 is 1.94 bits per heavy atom. The van der Waals surface area contributed by atoms with Crippen LogP contribution in [0.5, 0.6) is 0 Å². The highest BCUT2D eigenvalue weighted by molar-refractivity contribution is 7.99. The lowest BCUT2D eigenvalue weighted by Gasteiger charge is -2.28. The van der Waals surface area contributed by atoms with E-state index in [1.54, 1.807) is 11.8 Å². The quantitative estimate of drug-likeness (QED) is 0.400.